The maximum absolute atomic E-state index is 14.5. The summed E-state index contributed by atoms with van der Waals surface area (Å²) in [4.78, 5) is 19.0. The molecule has 0 aliphatic carbocycles. The van der Waals surface area contributed by atoms with Crippen molar-refractivity contribution >= 4 is 45.6 Å². The fourth-order valence-corrected chi connectivity index (χ4v) is 6.07. The number of alkyl halides is 3. The molecule has 2 aliphatic heterocycles. The number of halogens is 7. The lowest BCUT2D eigenvalue weighted by atomic mass is 9.88. The lowest BCUT2D eigenvalue weighted by Crippen LogP contribution is -2.46. The topological polar surface area (TPSA) is 85.9 Å². The Morgan fingerprint density at radius 2 is 1.81 bits per heavy atom. The molecule has 0 saturated carbocycles. The van der Waals surface area contributed by atoms with Crippen LogP contribution in [0.25, 0.3) is 22.0 Å². The van der Waals surface area contributed by atoms with Gasteiger partial charge in [-0.15, -0.1) is 0 Å². The molecule has 218 valence electrons. The van der Waals surface area contributed by atoms with Crippen LogP contribution >= 0.6 is 11.6 Å². The van der Waals surface area contributed by atoms with E-state index in [0.29, 0.717) is 34.9 Å². The van der Waals surface area contributed by atoms with Crippen LogP contribution in [0.15, 0.2) is 54.7 Å². The summed E-state index contributed by atoms with van der Waals surface area (Å²) >= 11 is 6.47. The number of amides is 2. The molecule has 0 radical (unpaired) electrons. The van der Waals surface area contributed by atoms with Gasteiger partial charge < -0.3 is 10.6 Å². The van der Waals surface area contributed by atoms with Crippen LogP contribution in [-0.2, 0) is 12.6 Å². The first-order chi connectivity index (χ1) is 20.5. The fraction of sp³-hybridized carbons (Fsp3) is 0.138. The van der Waals surface area contributed by atoms with Crippen molar-refractivity contribution in [2.24, 2.45) is 0 Å². The van der Waals surface area contributed by atoms with Crippen LogP contribution in [0.4, 0.5) is 48.3 Å². The number of nitrogens with one attached hydrogen (secondary N) is 3. The van der Waals surface area contributed by atoms with Crippen molar-refractivity contribution in [1.82, 2.24) is 20.5 Å². The molecule has 7 rings (SSSR count). The van der Waals surface area contributed by atoms with Crippen molar-refractivity contribution in [2.45, 2.75) is 18.6 Å². The maximum Gasteiger partial charge on any atom is 0.417 e. The van der Waals surface area contributed by atoms with E-state index in [1.54, 1.807) is 6.07 Å². The largest absolute Gasteiger partial charge is 0.417 e. The minimum absolute atomic E-state index is 0.122. The van der Waals surface area contributed by atoms with E-state index < -0.39 is 41.4 Å². The van der Waals surface area contributed by atoms with Gasteiger partial charge in [-0.3, -0.25) is 10.00 Å². The quantitative estimate of drug-likeness (QED) is 0.182. The minimum atomic E-state index is -4.85. The highest BCUT2D eigenvalue weighted by atomic mass is 35.5. The molecular weight excluding hydrogens is 598 g/mol. The lowest BCUT2D eigenvalue weighted by Gasteiger charge is -2.35. The van der Waals surface area contributed by atoms with Crippen molar-refractivity contribution in [3.05, 3.63) is 99.6 Å². The van der Waals surface area contributed by atoms with Crippen LogP contribution in [0, 0.1) is 17.6 Å². The Bertz CT molecular complexity index is 1980. The number of hydrogen-bond donors (Lipinski definition) is 3. The number of pyridine rings is 1. The molecule has 5 aromatic rings. The fourth-order valence-electron chi connectivity index (χ4n) is 5.84. The van der Waals surface area contributed by atoms with Crippen LogP contribution in [0.5, 0.6) is 0 Å². The molecule has 1 atom stereocenters. The number of carbonyl (C=O) groups excluding carboxylic acids is 1. The van der Waals surface area contributed by atoms with Crippen LogP contribution < -0.4 is 15.5 Å². The predicted molar refractivity (Wildman–Crippen MR) is 147 cm³/mol. The van der Waals surface area contributed by atoms with Gasteiger partial charge in [-0.25, -0.2) is 18.6 Å². The van der Waals surface area contributed by atoms with Crippen LogP contribution in [0.1, 0.15) is 28.3 Å². The van der Waals surface area contributed by atoms with Gasteiger partial charge in [-0.2, -0.15) is 22.7 Å². The highest BCUT2D eigenvalue weighted by molar-refractivity contribution is 6.31. The van der Waals surface area contributed by atoms with Gasteiger partial charge >= 0.3 is 12.2 Å². The number of urea groups is 1. The normalized spacial score (nSPS) is 16.0. The number of hydrogen-bond acceptors (Lipinski definition) is 4. The predicted octanol–water partition coefficient (Wildman–Crippen LogP) is 7.63. The zero-order chi connectivity index (χ0) is 30.2. The summed E-state index contributed by atoms with van der Waals surface area (Å²) in [6, 6.07) is 7.39. The second-order valence-corrected chi connectivity index (χ2v) is 10.5. The highest BCUT2D eigenvalue weighted by Gasteiger charge is 2.41. The van der Waals surface area contributed by atoms with Gasteiger partial charge in [0.15, 0.2) is 0 Å². The molecule has 3 aromatic carbocycles. The minimum Gasteiger partial charge on any atom is -0.339 e. The van der Waals surface area contributed by atoms with E-state index in [4.69, 9.17) is 11.6 Å². The maximum atomic E-state index is 14.5. The van der Waals surface area contributed by atoms with Crippen molar-refractivity contribution < 1.29 is 31.1 Å². The van der Waals surface area contributed by atoms with E-state index in [9.17, 15) is 31.1 Å². The first-order valence-corrected chi connectivity index (χ1v) is 13.2. The molecule has 14 heteroatoms. The summed E-state index contributed by atoms with van der Waals surface area (Å²) in [5, 5.41) is 11.8. The molecule has 0 saturated heterocycles. The Kier molecular flexibility index (Phi) is 6.06. The van der Waals surface area contributed by atoms with Crippen LogP contribution in [-0.4, -0.2) is 27.8 Å². The molecule has 1 unspecified atom stereocenters. The van der Waals surface area contributed by atoms with Crippen molar-refractivity contribution in [2.75, 3.05) is 16.8 Å². The zero-order valence-corrected chi connectivity index (χ0v) is 22.3. The average molecular weight is 615 g/mol. The van der Waals surface area contributed by atoms with E-state index in [-0.39, 0.29) is 45.1 Å². The van der Waals surface area contributed by atoms with Gasteiger partial charge in [0, 0.05) is 51.6 Å². The number of aromatic nitrogens is 3. The lowest BCUT2D eigenvalue weighted by molar-refractivity contribution is -0.136. The van der Waals surface area contributed by atoms with Crippen molar-refractivity contribution in [1.29, 1.82) is 0 Å². The monoisotopic (exact) mass is 614 g/mol. The van der Waals surface area contributed by atoms with E-state index in [1.807, 2.05) is 0 Å². The van der Waals surface area contributed by atoms with Crippen LogP contribution in [0.2, 0.25) is 5.02 Å². The van der Waals surface area contributed by atoms with Gasteiger partial charge in [-0.05, 0) is 59.8 Å². The number of anilines is 3. The van der Waals surface area contributed by atoms with Crippen LogP contribution in [0.3, 0.4) is 0 Å². The summed E-state index contributed by atoms with van der Waals surface area (Å²) in [7, 11) is 0. The zero-order valence-electron chi connectivity index (χ0n) is 21.6. The molecule has 0 fully saturated rings. The molecule has 3 N–H and O–H groups in total. The number of carbonyl (C=O) groups is 1. The van der Waals surface area contributed by atoms with Gasteiger partial charge in [0.25, 0.3) is 0 Å². The van der Waals surface area contributed by atoms with E-state index in [1.165, 1.54) is 17.0 Å². The molecule has 2 amide bonds. The Morgan fingerprint density at radius 3 is 2.56 bits per heavy atom. The van der Waals surface area contributed by atoms with E-state index >= 15 is 0 Å². The van der Waals surface area contributed by atoms with Crippen molar-refractivity contribution in [3.63, 3.8) is 0 Å². The third-order valence-electron chi connectivity index (χ3n) is 7.60. The molecule has 2 aromatic heterocycles. The van der Waals surface area contributed by atoms with Gasteiger partial charge in [-0.1, -0.05) is 11.6 Å². The number of aromatic amines is 1. The third-order valence-corrected chi connectivity index (χ3v) is 7.94. The Labute approximate surface area is 243 Å². The van der Waals surface area contributed by atoms with Gasteiger partial charge in [0.1, 0.15) is 17.5 Å². The number of benzene rings is 3. The molecule has 43 heavy (non-hydrogen) atoms. The highest BCUT2D eigenvalue weighted by Crippen LogP contribution is 2.50. The van der Waals surface area contributed by atoms with Gasteiger partial charge in [0.2, 0.25) is 5.95 Å². The number of rotatable bonds is 4. The summed E-state index contributed by atoms with van der Waals surface area (Å²) in [5.41, 5.74) is 1.39. The Balaban J connectivity index is 1.51. The molecular formula is C29H17ClF6N6O. The summed E-state index contributed by atoms with van der Waals surface area (Å²) in [5.74, 6) is -2.57. The second-order valence-electron chi connectivity index (χ2n) is 10.1. The number of nitrogens with zero attached hydrogens (tertiary/aromatic N) is 3. The second kappa shape index (κ2) is 9.63. The molecule has 0 bridgehead atoms. The average Bonchev–Trinajstić information content (AvgIpc) is 3.59. The molecule has 7 nitrogen and oxygen atoms in total. The molecule has 0 spiro atoms. The molecule has 2 aliphatic rings. The Morgan fingerprint density at radius 1 is 1.00 bits per heavy atom. The van der Waals surface area contributed by atoms with Crippen molar-refractivity contribution in [3.8, 4) is 11.3 Å². The Hall–Kier alpha value is -4.78. The number of H-pyrrole nitrogens is 1. The SMILES string of the molecule is O=C1NC(c2cc(F)ccc2Cl)c2c(Nc3nccc4c(C(F)(F)F)cc(F)cc34)cc(-c3cc(F)[nH]n3)c3c2N1CC3. The summed E-state index contributed by atoms with van der Waals surface area (Å²) < 4.78 is 84.5. The van der Waals surface area contributed by atoms with E-state index in [0.717, 1.165) is 30.5 Å². The third kappa shape index (κ3) is 4.42. The summed E-state index contributed by atoms with van der Waals surface area (Å²) in [6.07, 6.45) is -3.33. The number of fused-ring (bicyclic) bond motifs is 1. The standard InChI is InChI=1S/C29H17ClF6N6O/c30-20-2-1-12(31)7-18(20)25-24-22(38-27-17-8-13(32)9-19(29(34,35)36)14(17)3-5-37-27)10-16(21-11-23(33)41-40-21)15-4-6-42(26(15)24)28(43)39-25/h1-3,5,7-11,25H,4,6H2,(H,37,38)(H,39,43)(H,40,41). The first kappa shape index (κ1) is 27.1. The van der Waals surface area contributed by atoms with Gasteiger partial charge in [0.05, 0.1) is 23.0 Å². The summed E-state index contributed by atoms with van der Waals surface area (Å²) in [6.45, 7) is 0.258. The smallest absolute Gasteiger partial charge is 0.339 e. The molecule has 4 heterocycles. The van der Waals surface area contributed by atoms with E-state index in [2.05, 4.69) is 25.8 Å². The first-order valence-electron chi connectivity index (χ1n) is 12.9.